The van der Waals surface area contributed by atoms with Crippen molar-refractivity contribution in [2.75, 3.05) is 27.2 Å². The largest absolute Gasteiger partial charge is 0.501 e. The van der Waals surface area contributed by atoms with E-state index in [0.717, 1.165) is 18.9 Å². The van der Waals surface area contributed by atoms with Gasteiger partial charge in [-0.3, -0.25) is 0 Å². The quantitative estimate of drug-likeness (QED) is 0.535. The number of methoxy groups -OCH3 is 1. The molecule has 0 unspecified atom stereocenters. The Kier molecular flexibility index (Phi) is 2.42. The third kappa shape index (κ3) is 1.56. The highest BCUT2D eigenvalue weighted by atomic mass is 16.5. The van der Waals surface area contributed by atoms with E-state index in [2.05, 4.69) is 17.3 Å². The molecule has 58 valence electrons. The van der Waals surface area contributed by atoms with E-state index in [4.69, 9.17) is 4.74 Å². The standard InChI is InChI=1S/C7H14N2O/c1-9-5-3-4-8-7(9)6-10-2/h6,8H,3-5H2,1-2H3/b7-6-. The average Bonchev–Trinajstić information content (AvgIpc) is 1.94. The average molecular weight is 142 g/mol. The summed E-state index contributed by atoms with van der Waals surface area (Å²) in [6.45, 7) is 2.17. The summed E-state index contributed by atoms with van der Waals surface area (Å²) < 4.78 is 4.89. The van der Waals surface area contributed by atoms with Gasteiger partial charge in [-0.05, 0) is 6.42 Å². The minimum Gasteiger partial charge on any atom is -0.501 e. The zero-order chi connectivity index (χ0) is 7.40. The number of nitrogens with one attached hydrogen (secondary N) is 1. The SMILES string of the molecule is CO/C=C1/NCCCN1C. The lowest BCUT2D eigenvalue weighted by molar-refractivity contribution is 0.277. The second kappa shape index (κ2) is 3.34. The Morgan fingerprint density at radius 1 is 1.70 bits per heavy atom. The molecule has 1 heterocycles. The molecule has 0 amide bonds. The summed E-state index contributed by atoms with van der Waals surface area (Å²) in [5, 5.41) is 3.23. The smallest absolute Gasteiger partial charge is 0.137 e. The van der Waals surface area contributed by atoms with Crippen LogP contribution in [0, 0.1) is 0 Å². The number of hydrogen-bond acceptors (Lipinski definition) is 3. The van der Waals surface area contributed by atoms with E-state index in [1.807, 2.05) is 0 Å². The molecule has 10 heavy (non-hydrogen) atoms. The van der Waals surface area contributed by atoms with Gasteiger partial charge in [0.15, 0.2) is 0 Å². The molecule has 0 saturated carbocycles. The van der Waals surface area contributed by atoms with E-state index in [1.54, 1.807) is 13.4 Å². The van der Waals surface area contributed by atoms with Crippen LogP contribution in [0.25, 0.3) is 0 Å². The number of hydrogen-bond donors (Lipinski definition) is 1. The summed E-state index contributed by atoms with van der Waals surface area (Å²) in [7, 11) is 3.72. The van der Waals surface area contributed by atoms with Crippen molar-refractivity contribution < 1.29 is 4.74 Å². The van der Waals surface area contributed by atoms with Crippen molar-refractivity contribution in [3.05, 3.63) is 12.1 Å². The lowest BCUT2D eigenvalue weighted by Crippen LogP contribution is -2.36. The van der Waals surface area contributed by atoms with Crippen LogP contribution in [0.5, 0.6) is 0 Å². The van der Waals surface area contributed by atoms with Gasteiger partial charge >= 0.3 is 0 Å². The van der Waals surface area contributed by atoms with Crippen molar-refractivity contribution in [1.82, 2.24) is 10.2 Å². The van der Waals surface area contributed by atoms with Gasteiger partial charge in [0.1, 0.15) is 12.1 Å². The summed E-state index contributed by atoms with van der Waals surface area (Å²) in [4.78, 5) is 2.15. The van der Waals surface area contributed by atoms with Crippen molar-refractivity contribution in [1.29, 1.82) is 0 Å². The third-order valence-corrected chi connectivity index (χ3v) is 1.62. The van der Waals surface area contributed by atoms with Gasteiger partial charge in [-0.15, -0.1) is 0 Å². The molecule has 3 nitrogen and oxygen atoms in total. The van der Waals surface area contributed by atoms with Crippen LogP contribution in [0.3, 0.4) is 0 Å². The zero-order valence-corrected chi connectivity index (χ0v) is 6.55. The first-order chi connectivity index (χ1) is 4.84. The topological polar surface area (TPSA) is 24.5 Å². The van der Waals surface area contributed by atoms with Gasteiger partial charge in [-0.2, -0.15) is 0 Å². The number of nitrogens with zero attached hydrogens (tertiary/aromatic N) is 1. The van der Waals surface area contributed by atoms with Crippen LogP contribution < -0.4 is 5.32 Å². The molecule has 0 radical (unpaired) electrons. The molecule has 1 aliphatic heterocycles. The second-order valence-corrected chi connectivity index (χ2v) is 2.44. The van der Waals surface area contributed by atoms with E-state index in [1.165, 1.54) is 6.42 Å². The van der Waals surface area contributed by atoms with E-state index in [9.17, 15) is 0 Å². The molecule has 1 rings (SSSR count). The minimum atomic E-state index is 1.06. The molecule has 1 N–H and O–H groups in total. The third-order valence-electron chi connectivity index (χ3n) is 1.62. The van der Waals surface area contributed by atoms with Crippen molar-refractivity contribution in [3.63, 3.8) is 0 Å². The maximum Gasteiger partial charge on any atom is 0.137 e. The molecule has 1 aliphatic rings. The highest BCUT2D eigenvalue weighted by Gasteiger charge is 2.08. The van der Waals surface area contributed by atoms with Gasteiger partial charge in [0, 0.05) is 20.1 Å². The van der Waals surface area contributed by atoms with Crippen molar-refractivity contribution in [2.45, 2.75) is 6.42 Å². The molecule has 1 saturated heterocycles. The molecule has 0 aromatic rings. The Bertz CT molecular complexity index is 134. The van der Waals surface area contributed by atoms with E-state index in [0.29, 0.717) is 0 Å². The highest BCUT2D eigenvalue weighted by Crippen LogP contribution is 2.03. The molecule has 0 atom stereocenters. The molecule has 1 fully saturated rings. The molecular formula is C7H14N2O. The maximum absolute atomic E-state index is 4.89. The van der Waals surface area contributed by atoms with Gasteiger partial charge in [-0.1, -0.05) is 0 Å². The van der Waals surface area contributed by atoms with Crippen molar-refractivity contribution >= 4 is 0 Å². The fraction of sp³-hybridized carbons (Fsp3) is 0.714. The number of ether oxygens (including phenoxy) is 1. The van der Waals surface area contributed by atoms with Gasteiger partial charge in [0.2, 0.25) is 0 Å². The predicted octanol–water partition coefficient (Wildman–Crippen LogP) is 0.357. The Morgan fingerprint density at radius 3 is 3.10 bits per heavy atom. The van der Waals surface area contributed by atoms with Crippen LogP contribution >= 0.6 is 0 Å². The van der Waals surface area contributed by atoms with Gasteiger partial charge in [0.05, 0.1) is 7.11 Å². The normalized spacial score (nSPS) is 22.6. The monoisotopic (exact) mass is 142 g/mol. The van der Waals surface area contributed by atoms with Gasteiger partial charge in [0.25, 0.3) is 0 Å². The maximum atomic E-state index is 4.89. The predicted molar refractivity (Wildman–Crippen MR) is 40.3 cm³/mol. The second-order valence-electron chi connectivity index (χ2n) is 2.44. The lowest BCUT2D eigenvalue weighted by Gasteiger charge is -2.27. The first kappa shape index (κ1) is 7.25. The summed E-state index contributed by atoms with van der Waals surface area (Å²) in [6, 6.07) is 0. The van der Waals surface area contributed by atoms with Gasteiger partial charge < -0.3 is 15.0 Å². The fourth-order valence-electron chi connectivity index (χ4n) is 1.03. The summed E-state index contributed by atoms with van der Waals surface area (Å²) in [5.41, 5.74) is 0. The van der Waals surface area contributed by atoms with Crippen LogP contribution in [0.1, 0.15) is 6.42 Å². The van der Waals surface area contributed by atoms with Crippen molar-refractivity contribution in [3.8, 4) is 0 Å². The van der Waals surface area contributed by atoms with Gasteiger partial charge in [-0.25, -0.2) is 0 Å². The first-order valence-corrected chi connectivity index (χ1v) is 3.52. The van der Waals surface area contributed by atoms with Crippen LogP contribution in [-0.2, 0) is 4.74 Å². The van der Waals surface area contributed by atoms with Crippen LogP contribution in [0.15, 0.2) is 12.1 Å². The number of rotatable bonds is 1. The molecule has 0 bridgehead atoms. The Morgan fingerprint density at radius 2 is 2.50 bits per heavy atom. The molecule has 0 aromatic carbocycles. The summed E-state index contributed by atoms with van der Waals surface area (Å²) >= 11 is 0. The lowest BCUT2D eigenvalue weighted by atomic mass is 10.3. The minimum absolute atomic E-state index is 1.06. The fourth-order valence-corrected chi connectivity index (χ4v) is 1.03. The van der Waals surface area contributed by atoms with E-state index in [-0.39, 0.29) is 0 Å². The highest BCUT2D eigenvalue weighted by molar-refractivity contribution is 4.96. The summed E-state index contributed by atoms with van der Waals surface area (Å²) in [5.74, 6) is 1.08. The van der Waals surface area contributed by atoms with Crippen molar-refractivity contribution in [2.24, 2.45) is 0 Å². The first-order valence-electron chi connectivity index (χ1n) is 3.52. The van der Waals surface area contributed by atoms with Crippen LogP contribution in [0.2, 0.25) is 0 Å². The zero-order valence-electron chi connectivity index (χ0n) is 6.55. The van der Waals surface area contributed by atoms with E-state index >= 15 is 0 Å². The summed E-state index contributed by atoms with van der Waals surface area (Å²) in [6.07, 6.45) is 2.94. The molecular weight excluding hydrogens is 128 g/mol. The van der Waals surface area contributed by atoms with Crippen LogP contribution in [-0.4, -0.2) is 32.1 Å². The Balaban J connectivity index is 2.47. The van der Waals surface area contributed by atoms with E-state index < -0.39 is 0 Å². The Labute approximate surface area is 61.7 Å². The molecule has 0 spiro atoms. The Hall–Kier alpha value is -0.860. The molecule has 0 aliphatic carbocycles. The molecule has 3 heteroatoms. The van der Waals surface area contributed by atoms with Crippen LogP contribution in [0.4, 0.5) is 0 Å². The molecule has 0 aromatic heterocycles.